The monoisotopic (exact) mass is 489 g/mol. The molecule has 6 nitrogen and oxygen atoms in total. The Labute approximate surface area is 207 Å². The van der Waals surface area contributed by atoms with Crippen molar-refractivity contribution >= 4 is 21.6 Å². The van der Waals surface area contributed by atoms with Gasteiger partial charge in [-0.3, -0.25) is 24.1 Å². The van der Waals surface area contributed by atoms with Gasteiger partial charge in [0.1, 0.15) is 10.6 Å². The van der Waals surface area contributed by atoms with Crippen molar-refractivity contribution in [3.05, 3.63) is 92.9 Å². The molecular weight excluding hydrogens is 461 g/mol. The highest BCUT2D eigenvalue weighted by Crippen LogP contribution is 2.35. The predicted molar refractivity (Wildman–Crippen MR) is 136 cm³/mol. The number of halogens is 1. The first-order chi connectivity index (χ1) is 17.2. The average Bonchev–Trinajstić information content (AvgIpc) is 3.26. The number of aryl methyl sites for hydroxylation is 1. The lowest BCUT2D eigenvalue weighted by atomic mass is 9.91. The molecule has 8 heteroatoms. The molecule has 0 bridgehead atoms. The van der Waals surface area contributed by atoms with Crippen molar-refractivity contribution in [2.24, 2.45) is 0 Å². The van der Waals surface area contributed by atoms with Gasteiger partial charge in [0.05, 0.1) is 18.3 Å². The Hall–Kier alpha value is -2.94. The van der Waals surface area contributed by atoms with Crippen LogP contribution in [0, 0.1) is 5.82 Å². The van der Waals surface area contributed by atoms with Crippen LogP contribution in [0.15, 0.2) is 59.9 Å². The number of aromatic nitrogens is 3. The standard InChI is InChI=1S/C27H28FN5OS/c28-23-6-2-1-5-20(23)17-33-18-30-26-25(27(33)34)22-8-7-21(14-24(22)35-26)32-12-10-31(11-13-32)16-19-4-3-9-29-15-19/h1-6,9,15,18,21H,7-8,10-14,16-17H2/t21-/m1/s1. The summed E-state index contributed by atoms with van der Waals surface area (Å²) in [6, 6.07) is 11.3. The van der Waals surface area contributed by atoms with Crippen molar-refractivity contribution in [1.82, 2.24) is 24.3 Å². The van der Waals surface area contributed by atoms with E-state index in [1.54, 1.807) is 40.4 Å². The van der Waals surface area contributed by atoms with Crippen molar-refractivity contribution in [3.8, 4) is 0 Å². The molecule has 3 aromatic heterocycles. The van der Waals surface area contributed by atoms with Gasteiger partial charge in [0.2, 0.25) is 0 Å². The highest BCUT2D eigenvalue weighted by molar-refractivity contribution is 7.18. The van der Waals surface area contributed by atoms with Gasteiger partial charge in [-0.05, 0) is 42.5 Å². The van der Waals surface area contributed by atoms with E-state index < -0.39 is 0 Å². The summed E-state index contributed by atoms with van der Waals surface area (Å²) >= 11 is 1.66. The van der Waals surface area contributed by atoms with E-state index >= 15 is 0 Å². The Bertz CT molecular complexity index is 1390. The molecule has 1 aliphatic heterocycles. The minimum Gasteiger partial charge on any atom is -0.297 e. The molecule has 1 atom stereocenters. The minimum atomic E-state index is -0.296. The van der Waals surface area contributed by atoms with Crippen LogP contribution in [0.1, 0.15) is 28.0 Å². The van der Waals surface area contributed by atoms with Gasteiger partial charge in [-0.2, -0.15) is 0 Å². The second kappa shape index (κ2) is 9.60. The fourth-order valence-electron chi connectivity index (χ4n) is 5.45. The predicted octanol–water partition coefficient (Wildman–Crippen LogP) is 3.72. The van der Waals surface area contributed by atoms with E-state index in [1.807, 2.05) is 18.5 Å². The molecule has 1 aliphatic carbocycles. The number of piperazine rings is 1. The van der Waals surface area contributed by atoms with Gasteiger partial charge in [-0.1, -0.05) is 24.3 Å². The van der Waals surface area contributed by atoms with Crippen LogP contribution in [0.25, 0.3) is 10.2 Å². The van der Waals surface area contributed by atoms with Gasteiger partial charge in [-0.25, -0.2) is 9.37 Å². The summed E-state index contributed by atoms with van der Waals surface area (Å²) in [5.74, 6) is -0.296. The number of hydrogen-bond donors (Lipinski definition) is 0. The zero-order valence-corrected chi connectivity index (χ0v) is 20.4. The first kappa shape index (κ1) is 22.5. The summed E-state index contributed by atoms with van der Waals surface area (Å²) in [4.78, 5) is 29.4. The second-order valence-corrected chi connectivity index (χ2v) is 10.6. The molecule has 0 saturated carbocycles. The van der Waals surface area contributed by atoms with E-state index in [2.05, 4.69) is 25.8 Å². The maximum Gasteiger partial charge on any atom is 0.262 e. The van der Waals surface area contributed by atoms with Gasteiger partial charge >= 0.3 is 0 Å². The van der Waals surface area contributed by atoms with Crippen molar-refractivity contribution in [2.45, 2.75) is 38.4 Å². The number of benzene rings is 1. The van der Waals surface area contributed by atoms with Crippen LogP contribution in [0.2, 0.25) is 0 Å². The third-order valence-electron chi connectivity index (χ3n) is 7.36. The normalized spacial score (nSPS) is 19.2. The molecule has 1 saturated heterocycles. The first-order valence-electron chi connectivity index (χ1n) is 12.2. The topological polar surface area (TPSA) is 54.3 Å². The molecule has 1 fully saturated rings. The zero-order valence-electron chi connectivity index (χ0n) is 19.6. The van der Waals surface area contributed by atoms with Crippen LogP contribution in [-0.4, -0.2) is 56.6 Å². The Kier molecular flexibility index (Phi) is 6.18. The highest BCUT2D eigenvalue weighted by Gasteiger charge is 2.30. The van der Waals surface area contributed by atoms with Crippen LogP contribution in [0.3, 0.4) is 0 Å². The van der Waals surface area contributed by atoms with Crippen LogP contribution < -0.4 is 5.56 Å². The first-order valence-corrected chi connectivity index (χ1v) is 13.1. The molecule has 0 unspecified atom stereocenters. The molecule has 4 aromatic rings. The molecule has 1 aromatic carbocycles. The molecular formula is C27H28FN5OS. The Morgan fingerprint density at radius 1 is 1.06 bits per heavy atom. The lowest BCUT2D eigenvalue weighted by Crippen LogP contribution is -2.51. The molecule has 2 aliphatic rings. The van der Waals surface area contributed by atoms with Crippen LogP contribution in [-0.2, 0) is 25.9 Å². The van der Waals surface area contributed by atoms with E-state index in [9.17, 15) is 9.18 Å². The van der Waals surface area contributed by atoms with Crippen LogP contribution >= 0.6 is 11.3 Å². The summed E-state index contributed by atoms with van der Waals surface area (Å²) < 4.78 is 15.7. The van der Waals surface area contributed by atoms with E-state index in [4.69, 9.17) is 0 Å². The van der Waals surface area contributed by atoms with Crippen molar-refractivity contribution < 1.29 is 4.39 Å². The number of hydrogen-bond acceptors (Lipinski definition) is 6. The molecule has 6 rings (SSSR count). The Morgan fingerprint density at radius 2 is 1.91 bits per heavy atom. The van der Waals surface area contributed by atoms with Crippen molar-refractivity contribution in [3.63, 3.8) is 0 Å². The van der Waals surface area contributed by atoms with E-state index in [0.29, 0.717) is 11.6 Å². The number of pyridine rings is 1. The summed E-state index contributed by atoms with van der Waals surface area (Å²) in [6.45, 7) is 5.42. The van der Waals surface area contributed by atoms with Gasteiger partial charge < -0.3 is 0 Å². The zero-order chi connectivity index (χ0) is 23.8. The van der Waals surface area contributed by atoms with E-state index in [-0.39, 0.29) is 17.9 Å². The number of thiophene rings is 1. The maximum absolute atomic E-state index is 14.1. The molecule has 0 amide bonds. The van der Waals surface area contributed by atoms with Crippen molar-refractivity contribution in [2.75, 3.05) is 26.2 Å². The van der Waals surface area contributed by atoms with Gasteiger partial charge in [0.25, 0.3) is 5.56 Å². The molecule has 35 heavy (non-hydrogen) atoms. The van der Waals surface area contributed by atoms with Gasteiger partial charge in [-0.15, -0.1) is 11.3 Å². The molecule has 0 radical (unpaired) electrons. The third-order valence-corrected chi connectivity index (χ3v) is 8.52. The molecule has 4 heterocycles. The van der Waals surface area contributed by atoms with E-state index in [1.165, 1.54) is 16.5 Å². The smallest absolute Gasteiger partial charge is 0.262 e. The highest BCUT2D eigenvalue weighted by atomic mass is 32.1. The summed E-state index contributed by atoms with van der Waals surface area (Å²) in [5, 5.41) is 0.739. The quantitative estimate of drug-likeness (QED) is 0.428. The number of nitrogens with zero attached hydrogens (tertiary/aromatic N) is 5. The summed E-state index contributed by atoms with van der Waals surface area (Å²) in [6.07, 6.45) is 8.28. The number of fused-ring (bicyclic) bond motifs is 3. The Morgan fingerprint density at radius 3 is 2.71 bits per heavy atom. The van der Waals surface area contributed by atoms with Gasteiger partial charge in [0.15, 0.2) is 0 Å². The minimum absolute atomic E-state index is 0.0572. The third kappa shape index (κ3) is 4.53. The van der Waals surface area contributed by atoms with Gasteiger partial charge in [0, 0.05) is 61.6 Å². The van der Waals surface area contributed by atoms with E-state index in [0.717, 1.165) is 67.8 Å². The summed E-state index contributed by atoms with van der Waals surface area (Å²) in [7, 11) is 0. The lowest BCUT2D eigenvalue weighted by Gasteiger charge is -2.40. The second-order valence-electron chi connectivity index (χ2n) is 9.52. The Balaban J connectivity index is 1.16. The largest absolute Gasteiger partial charge is 0.297 e. The maximum atomic E-state index is 14.1. The van der Waals surface area contributed by atoms with Crippen molar-refractivity contribution in [1.29, 1.82) is 0 Å². The molecule has 0 spiro atoms. The summed E-state index contributed by atoms with van der Waals surface area (Å²) in [5.41, 5.74) is 2.87. The average molecular weight is 490 g/mol. The van der Waals surface area contributed by atoms with Crippen LogP contribution in [0.5, 0.6) is 0 Å². The number of rotatable bonds is 5. The molecule has 180 valence electrons. The SMILES string of the molecule is O=c1c2c3c(sc2ncn1Cc1ccccc1F)C[C@H](N1CCN(Cc2cccnc2)CC1)CC3. The fourth-order valence-corrected chi connectivity index (χ4v) is 6.70. The fraction of sp³-hybridized carbons (Fsp3) is 0.370. The molecule has 0 N–H and O–H groups in total. The van der Waals surface area contributed by atoms with Crippen LogP contribution in [0.4, 0.5) is 4.39 Å². The lowest BCUT2D eigenvalue weighted by molar-refractivity contribution is 0.0861.